The highest BCUT2D eigenvalue weighted by Crippen LogP contribution is 2.57. The van der Waals surface area contributed by atoms with E-state index in [1.807, 2.05) is 0 Å². The number of nitrogens with zero attached hydrogens (tertiary/aromatic N) is 4. The molecule has 37 heavy (non-hydrogen) atoms. The van der Waals surface area contributed by atoms with E-state index in [9.17, 15) is 26.7 Å². The van der Waals surface area contributed by atoms with Crippen molar-refractivity contribution in [3.8, 4) is 0 Å². The minimum absolute atomic E-state index is 0.0430. The molecule has 10 nitrogen and oxygen atoms in total. The number of aromatic amines is 1. The number of amides is 1. The van der Waals surface area contributed by atoms with E-state index >= 15 is 0 Å². The summed E-state index contributed by atoms with van der Waals surface area (Å²) in [6.07, 6.45) is -2.35. The molecular formula is C22H22F5N7O3. The fourth-order valence-electron chi connectivity index (χ4n) is 5.38. The van der Waals surface area contributed by atoms with Crippen LogP contribution in [0.1, 0.15) is 49.4 Å². The van der Waals surface area contributed by atoms with Crippen molar-refractivity contribution in [1.29, 1.82) is 0 Å². The standard InChI is InChI=1S/C22H22F5N7O3/c23-13-1-11(2-16(13)37-20(35)31-21-4-10(5-21)6-21)15-3-17(33-32-15)30-19-28-7-14(24)18-29-12(8-34(18)19)9-36-22(25,26)27/h3,7-8,10-11,13,16H,1-2,4-6,9H2,(H,31,35)(H2,28,30,32,33)/t10?,11-,13+,16-,21?/m0/s1. The summed E-state index contributed by atoms with van der Waals surface area (Å²) in [7, 11) is 0. The van der Waals surface area contributed by atoms with Gasteiger partial charge >= 0.3 is 12.5 Å². The molecular weight excluding hydrogens is 505 g/mol. The lowest BCUT2D eigenvalue weighted by Crippen LogP contribution is -2.68. The van der Waals surface area contributed by atoms with Crippen molar-refractivity contribution in [1.82, 2.24) is 29.9 Å². The molecule has 0 aromatic carbocycles. The minimum Gasteiger partial charge on any atom is -0.443 e. The van der Waals surface area contributed by atoms with Crippen LogP contribution in [0.25, 0.3) is 5.65 Å². The molecule has 0 radical (unpaired) electrons. The van der Waals surface area contributed by atoms with Crippen LogP contribution in [0, 0.1) is 11.7 Å². The summed E-state index contributed by atoms with van der Waals surface area (Å²) in [5.74, 6) is -0.129. The molecule has 3 heterocycles. The van der Waals surface area contributed by atoms with E-state index in [0.29, 0.717) is 11.6 Å². The first-order valence-electron chi connectivity index (χ1n) is 11.7. The maximum absolute atomic E-state index is 14.6. The summed E-state index contributed by atoms with van der Waals surface area (Å²) in [5.41, 5.74) is 0.0389. The Morgan fingerprint density at radius 2 is 2.05 bits per heavy atom. The van der Waals surface area contributed by atoms with Gasteiger partial charge in [0.2, 0.25) is 5.95 Å². The van der Waals surface area contributed by atoms with Gasteiger partial charge < -0.3 is 15.4 Å². The van der Waals surface area contributed by atoms with E-state index < -0.39 is 37.2 Å². The van der Waals surface area contributed by atoms with E-state index in [-0.39, 0.29) is 47.4 Å². The number of alkyl carbamates (subject to hydrolysis) is 1. The Morgan fingerprint density at radius 3 is 2.76 bits per heavy atom. The van der Waals surface area contributed by atoms with Crippen LogP contribution in [0.5, 0.6) is 0 Å². The Hall–Kier alpha value is -3.49. The second kappa shape index (κ2) is 8.53. The average molecular weight is 527 g/mol. The van der Waals surface area contributed by atoms with Crippen LogP contribution < -0.4 is 10.6 Å². The molecule has 4 fully saturated rings. The predicted molar refractivity (Wildman–Crippen MR) is 116 cm³/mol. The maximum atomic E-state index is 14.6. The van der Waals surface area contributed by atoms with Gasteiger partial charge in [0.15, 0.2) is 17.3 Å². The highest BCUT2D eigenvalue weighted by Gasteiger charge is 2.58. The fourth-order valence-corrected chi connectivity index (χ4v) is 5.38. The zero-order valence-electron chi connectivity index (χ0n) is 19.2. The molecule has 0 unspecified atom stereocenters. The zero-order valence-corrected chi connectivity index (χ0v) is 19.2. The number of fused-ring (bicyclic) bond motifs is 1. The van der Waals surface area contributed by atoms with Gasteiger partial charge in [-0.05, 0) is 38.0 Å². The van der Waals surface area contributed by atoms with Gasteiger partial charge in [-0.1, -0.05) is 0 Å². The zero-order chi connectivity index (χ0) is 25.9. The highest BCUT2D eigenvalue weighted by molar-refractivity contribution is 5.69. The Balaban J connectivity index is 1.11. The number of ether oxygens (including phenoxy) is 2. The third-order valence-corrected chi connectivity index (χ3v) is 7.25. The normalized spacial score (nSPS) is 28.6. The van der Waals surface area contributed by atoms with Crippen molar-refractivity contribution in [3.05, 3.63) is 35.7 Å². The second-order valence-electron chi connectivity index (χ2n) is 9.94. The number of imidazole rings is 1. The SMILES string of the molecule is O=C(NC12CC(C1)C2)O[C@H]1C[C@@H](c2cc(Nc3ncc(F)c4nc(COC(F)(F)F)cn34)n[nH]2)C[C@H]1F. The fraction of sp³-hybridized carbons (Fsp3) is 0.545. The van der Waals surface area contributed by atoms with Gasteiger partial charge in [0.1, 0.15) is 12.3 Å². The second-order valence-corrected chi connectivity index (χ2v) is 9.94. The highest BCUT2D eigenvalue weighted by atomic mass is 19.4. The van der Waals surface area contributed by atoms with Crippen molar-refractivity contribution in [2.75, 3.05) is 5.32 Å². The first-order chi connectivity index (χ1) is 17.6. The van der Waals surface area contributed by atoms with E-state index in [1.54, 1.807) is 6.07 Å². The number of aromatic nitrogens is 5. The molecule has 7 rings (SSSR count). The molecule has 3 N–H and O–H groups in total. The number of halogens is 5. The lowest BCUT2D eigenvalue weighted by atomic mass is 9.50. The maximum Gasteiger partial charge on any atom is 0.522 e. The Morgan fingerprint density at radius 1 is 1.27 bits per heavy atom. The van der Waals surface area contributed by atoms with E-state index in [0.717, 1.165) is 36.1 Å². The molecule has 15 heteroatoms. The van der Waals surface area contributed by atoms with E-state index in [1.165, 1.54) is 0 Å². The van der Waals surface area contributed by atoms with Crippen LogP contribution in [0.2, 0.25) is 0 Å². The first-order valence-corrected chi connectivity index (χ1v) is 11.7. The van der Waals surface area contributed by atoms with Crippen LogP contribution in [0.15, 0.2) is 18.5 Å². The van der Waals surface area contributed by atoms with Crippen LogP contribution in [-0.2, 0) is 16.1 Å². The topological polar surface area (TPSA) is 118 Å². The summed E-state index contributed by atoms with van der Waals surface area (Å²) >= 11 is 0. The molecule has 198 valence electrons. The summed E-state index contributed by atoms with van der Waals surface area (Å²) < 4.78 is 76.1. The lowest BCUT2D eigenvalue weighted by Gasteiger charge is -2.61. The third kappa shape index (κ3) is 4.67. The molecule has 0 aliphatic heterocycles. The van der Waals surface area contributed by atoms with Crippen molar-refractivity contribution >= 4 is 23.5 Å². The largest absolute Gasteiger partial charge is 0.522 e. The van der Waals surface area contributed by atoms with E-state index in [2.05, 4.69) is 35.5 Å². The van der Waals surface area contributed by atoms with Gasteiger partial charge in [-0.3, -0.25) is 14.2 Å². The number of alkyl halides is 4. The number of anilines is 2. The molecule has 3 aromatic heterocycles. The van der Waals surface area contributed by atoms with Crippen molar-refractivity contribution in [3.63, 3.8) is 0 Å². The smallest absolute Gasteiger partial charge is 0.443 e. The van der Waals surface area contributed by atoms with Crippen LogP contribution in [-0.4, -0.2) is 54.8 Å². The Kier molecular flexibility index (Phi) is 5.51. The molecule has 0 saturated heterocycles. The monoisotopic (exact) mass is 527 g/mol. The van der Waals surface area contributed by atoms with Crippen molar-refractivity contribution in [2.45, 2.75) is 68.8 Å². The van der Waals surface area contributed by atoms with Crippen LogP contribution in [0.4, 0.5) is 38.5 Å². The molecule has 4 saturated carbocycles. The minimum atomic E-state index is -4.86. The van der Waals surface area contributed by atoms with E-state index in [4.69, 9.17) is 4.74 Å². The molecule has 3 aromatic rings. The number of H-pyrrole nitrogens is 1. The van der Waals surface area contributed by atoms with Gasteiger partial charge in [0.05, 0.1) is 18.5 Å². The number of hydrogen-bond acceptors (Lipinski definition) is 7. The molecule has 1 amide bonds. The molecule has 2 bridgehead atoms. The summed E-state index contributed by atoms with van der Waals surface area (Å²) in [6, 6.07) is 1.61. The van der Waals surface area contributed by atoms with Gasteiger partial charge in [-0.15, -0.1) is 13.2 Å². The summed E-state index contributed by atoms with van der Waals surface area (Å²) in [6.45, 7) is -0.897. The lowest BCUT2D eigenvalue weighted by molar-refractivity contribution is -0.330. The Bertz CT molecular complexity index is 1320. The van der Waals surface area contributed by atoms with Gasteiger partial charge in [-0.2, -0.15) is 5.10 Å². The summed E-state index contributed by atoms with van der Waals surface area (Å²) in [4.78, 5) is 20.0. The first kappa shape index (κ1) is 23.9. The third-order valence-electron chi connectivity index (χ3n) is 7.25. The molecule has 0 spiro atoms. The number of nitrogens with one attached hydrogen (secondary N) is 3. The molecule has 4 aliphatic carbocycles. The van der Waals surface area contributed by atoms with Crippen LogP contribution >= 0.6 is 0 Å². The average Bonchev–Trinajstić information content (AvgIpc) is 3.49. The number of hydrogen-bond donors (Lipinski definition) is 3. The number of rotatable bonds is 7. The Labute approximate surface area is 205 Å². The van der Waals surface area contributed by atoms with Crippen molar-refractivity contribution < 1.29 is 36.2 Å². The number of carbonyl (C=O) groups is 1. The van der Waals surface area contributed by atoms with Crippen molar-refractivity contribution in [2.24, 2.45) is 5.92 Å². The quantitative estimate of drug-likeness (QED) is 0.394. The molecule has 4 aliphatic rings. The van der Waals surface area contributed by atoms with Gasteiger partial charge in [0, 0.05) is 29.4 Å². The van der Waals surface area contributed by atoms with Crippen LogP contribution in [0.3, 0.4) is 0 Å². The summed E-state index contributed by atoms with van der Waals surface area (Å²) in [5, 5.41) is 12.7. The predicted octanol–water partition coefficient (Wildman–Crippen LogP) is 4.23. The number of carbonyl (C=O) groups excluding carboxylic acids is 1. The van der Waals surface area contributed by atoms with Gasteiger partial charge in [0.25, 0.3) is 0 Å². The molecule has 3 atom stereocenters. The van der Waals surface area contributed by atoms with Gasteiger partial charge in [-0.25, -0.2) is 23.5 Å².